The lowest BCUT2D eigenvalue weighted by molar-refractivity contribution is -0.127. The molecule has 1 aliphatic heterocycles. The number of sulfonamides is 1. The summed E-state index contributed by atoms with van der Waals surface area (Å²) < 4.78 is 28.0. The number of carbonyl (C=O) groups is 1. The Kier molecular flexibility index (Phi) is 4.07. The molecule has 0 unspecified atom stereocenters. The third kappa shape index (κ3) is 3.06. The fourth-order valence-electron chi connectivity index (χ4n) is 2.85. The van der Waals surface area contributed by atoms with E-state index in [4.69, 9.17) is 0 Å². The molecule has 1 atom stereocenters. The minimum Gasteiger partial charge on any atom is -0.341 e. The van der Waals surface area contributed by atoms with Crippen molar-refractivity contribution in [2.24, 2.45) is 7.05 Å². The van der Waals surface area contributed by atoms with Gasteiger partial charge in [-0.05, 0) is 18.6 Å². The summed E-state index contributed by atoms with van der Waals surface area (Å²) in [6, 6.07) is 4.43. The van der Waals surface area contributed by atoms with Gasteiger partial charge in [0.15, 0.2) is 0 Å². The number of rotatable bonds is 5. The smallest absolute Gasteiger partial charge is 0.243 e. The Morgan fingerprint density at radius 2 is 2.13 bits per heavy atom. The third-order valence-corrected chi connectivity index (χ3v) is 5.35. The topological polar surface area (TPSA) is 97.2 Å². The largest absolute Gasteiger partial charge is 0.341 e. The highest BCUT2D eigenvalue weighted by Crippen LogP contribution is 2.21. The van der Waals surface area contributed by atoms with E-state index in [1.807, 2.05) is 6.92 Å². The molecule has 0 spiro atoms. The number of aryl methyl sites for hydroxylation is 1. The van der Waals surface area contributed by atoms with E-state index in [0.29, 0.717) is 24.1 Å². The van der Waals surface area contributed by atoms with Crippen molar-refractivity contribution in [2.45, 2.75) is 30.7 Å². The van der Waals surface area contributed by atoms with E-state index in [0.717, 1.165) is 6.42 Å². The molecule has 1 saturated heterocycles. The number of hydrogen-bond donors (Lipinski definition) is 1. The van der Waals surface area contributed by atoms with E-state index >= 15 is 0 Å². The fourth-order valence-corrected chi connectivity index (χ4v) is 4.23. The van der Waals surface area contributed by atoms with Gasteiger partial charge in [-0.1, -0.05) is 13.0 Å². The second-order valence-electron chi connectivity index (χ2n) is 5.68. The summed E-state index contributed by atoms with van der Waals surface area (Å²) in [4.78, 5) is 15.0. The Bertz CT molecular complexity index is 845. The summed E-state index contributed by atoms with van der Waals surface area (Å²) in [5.41, 5.74) is 0.850. The van der Waals surface area contributed by atoms with Gasteiger partial charge in [-0.25, -0.2) is 13.1 Å². The van der Waals surface area contributed by atoms with Gasteiger partial charge in [0.25, 0.3) is 0 Å². The van der Waals surface area contributed by atoms with Crippen LogP contribution in [0.15, 0.2) is 23.1 Å². The van der Waals surface area contributed by atoms with Crippen LogP contribution in [0.2, 0.25) is 0 Å². The van der Waals surface area contributed by atoms with Crippen molar-refractivity contribution in [2.75, 3.05) is 13.1 Å². The molecule has 1 fully saturated rings. The second-order valence-corrected chi connectivity index (χ2v) is 7.36. The van der Waals surface area contributed by atoms with E-state index in [1.165, 1.54) is 10.9 Å². The highest BCUT2D eigenvalue weighted by atomic mass is 32.2. The number of amides is 1. The van der Waals surface area contributed by atoms with Crippen molar-refractivity contribution in [3.05, 3.63) is 18.2 Å². The number of nitrogens with zero attached hydrogens (tertiary/aromatic N) is 4. The Morgan fingerprint density at radius 1 is 1.35 bits per heavy atom. The van der Waals surface area contributed by atoms with Crippen LogP contribution < -0.4 is 4.72 Å². The molecule has 1 aliphatic rings. The standard InChI is InChI=1S/C14H19N5O3S/c1-3-7-19-9-10(8-13(19)20)17-23(21,22)12-6-4-5-11-14(12)16-18(2)15-11/h4-6,10,17H,3,7-9H2,1-2H3/t10-/m1/s1. The first-order valence-corrected chi connectivity index (χ1v) is 8.99. The Labute approximate surface area is 134 Å². The number of fused-ring (bicyclic) bond motifs is 1. The van der Waals surface area contributed by atoms with E-state index in [9.17, 15) is 13.2 Å². The van der Waals surface area contributed by atoms with Crippen molar-refractivity contribution < 1.29 is 13.2 Å². The van der Waals surface area contributed by atoms with Crippen LogP contribution in [-0.4, -0.2) is 53.4 Å². The van der Waals surface area contributed by atoms with Gasteiger partial charge in [-0.15, -0.1) is 0 Å². The molecule has 1 aromatic carbocycles. The molecule has 124 valence electrons. The van der Waals surface area contributed by atoms with Crippen LogP contribution >= 0.6 is 0 Å². The van der Waals surface area contributed by atoms with E-state index < -0.39 is 16.1 Å². The van der Waals surface area contributed by atoms with Crippen LogP contribution in [0.25, 0.3) is 11.0 Å². The average molecular weight is 337 g/mol. The van der Waals surface area contributed by atoms with Gasteiger partial charge >= 0.3 is 0 Å². The summed E-state index contributed by atoms with van der Waals surface area (Å²) in [7, 11) is -2.12. The maximum Gasteiger partial charge on any atom is 0.243 e. The lowest BCUT2D eigenvalue weighted by Crippen LogP contribution is -2.37. The molecule has 1 aromatic heterocycles. The molecular weight excluding hydrogens is 318 g/mol. The first-order valence-electron chi connectivity index (χ1n) is 7.51. The van der Waals surface area contributed by atoms with E-state index in [-0.39, 0.29) is 17.2 Å². The molecular formula is C14H19N5O3S. The van der Waals surface area contributed by atoms with Crippen LogP contribution in [0.3, 0.4) is 0 Å². The van der Waals surface area contributed by atoms with Gasteiger partial charge in [-0.3, -0.25) is 4.79 Å². The van der Waals surface area contributed by atoms with E-state index in [1.54, 1.807) is 24.1 Å². The molecule has 0 radical (unpaired) electrons. The molecule has 0 saturated carbocycles. The summed E-state index contributed by atoms with van der Waals surface area (Å²) in [5, 5.41) is 8.24. The first kappa shape index (κ1) is 15.9. The Morgan fingerprint density at radius 3 is 2.87 bits per heavy atom. The number of aromatic nitrogens is 3. The number of carbonyl (C=O) groups excluding carboxylic acids is 1. The van der Waals surface area contributed by atoms with Gasteiger partial charge in [-0.2, -0.15) is 15.0 Å². The SMILES string of the molecule is CCCN1C[C@H](NS(=O)(=O)c2cccc3nn(C)nc23)CC1=O. The summed E-state index contributed by atoms with van der Waals surface area (Å²) in [5.74, 6) is -0.0164. The lowest BCUT2D eigenvalue weighted by atomic mass is 10.3. The number of likely N-dealkylation sites (tertiary alicyclic amines) is 1. The molecule has 8 nitrogen and oxygen atoms in total. The van der Waals surface area contributed by atoms with Gasteiger partial charge < -0.3 is 4.90 Å². The fraction of sp³-hybridized carbons (Fsp3) is 0.500. The quantitative estimate of drug-likeness (QED) is 0.844. The van der Waals surface area contributed by atoms with Crippen LogP contribution in [0.5, 0.6) is 0 Å². The monoisotopic (exact) mass is 337 g/mol. The predicted octanol–water partition coefficient (Wildman–Crippen LogP) is 0.257. The normalized spacial score (nSPS) is 19.0. The molecule has 23 heavy (non-hydrogen) atoms. The lowest BCUT2D eigenvalue weighted by Gasteiger charge is -2.16. The molecule has 0 aliphatic carbocycles. The van der Waals surface area contributed by atoms with Crippen molar-refractivity contribution in [3.63, 3.8) is 0 Å². The van der Waals surface area contributed by atoms with Crippen molar-refractivity contribution in [1.82, 2.24) is 24.6 Å². The van der Waals surface area contributed by atoms with Crippen LogP contribution in [0.1, 0.15) is 19.8 Å². The maximum atomic E-state index is 12.7. The Balaban J connectivity index is 1.86. The van der Waals surface area contributed by atoms with Gasteiger partial charge in [0.1, 0.15) is 15.9 Å². The minimum atomic E-state index is -3.76. The van der Waals surface area contributed by atoms with Gasteiger partial charge in [0.2, 0.25) is 15.9 Å². The van der Waals surface area contributed by atoms with Gasteiger partial charge in [0.05, 0.1) is 0 Å². The summed E-state index contributed by atoms with van der Waals surface area (Å²) in [6.07, 6.45) is 1.04. The predicted molar refractivity (Wildman–Crippen MR) is 84.1 cm³/mol. The minimum absolute atomic E-state index is 0.0164. The second kappa shape index (κ2) is 5.89. The first-order chi connectivity index (χ1) is 10.9. The van der Waals surface area contributed by atoms with Crippen molar-refractivity contribution >= 4 is 27.0 Å². The van der Waals surface area contributed by atoms with E-state index in [2.05, 4.69) is 14.9 Å². The van der Waals surface area contributed by atoms with Crippen molar-refractivity contribution in [3.8, 4) is 0 Å². The summed E-state index contributed by atoms with van der Waals surface area (Å²) in [6.45, 7) is 3.04. The molecule has 2 heterocycles. The zero-order chi connectivity index (χ0) is 16.6. The third-order valence-electron chi connectivity index (χ3n) is 3.79. The molecule has 1 amide bonds. The average Bonchev–Trinajstić information content (AvgIpc) is 3.00. The summed E-state index contributed by atoms with van der Waals surface area (Å²) >= 11 is 0. The van der Waals surface area contributed by atoms with Crippen molar-refractivity contribution in [1.29, 1.82) is 0 Å². The zero-order valence-electron chi connectivity index (χ0n) is 13.1. The van der Waals surface area contributed by atoms with Crippen LogP contribution in [-0.2, 0) is 21.9 Å². The molecule has 2 aromatic rings. The highest BCUT2D eigenvalue weighted by molar-refractivity contribution is 7.89. The molecule has 1 N–H and O–H groups in total. The zero-order valence-corrected chi connectivity index (χ0v) is 13.9. The molecule has 9 heteroatoms. The van der Waals surface area contributed by atoms with Crippen LogP contribution in [0, 0.1) is 0 Å². The number of nitrogens with one attached hydrogen (secondary N) is 1. The highest BCUT2D eigenvalue weighted by Gasteiger charge is 2.33. The molecule has 3 rings (SSSR count). The van der Waals surface area contributed by atoms with Crippen LogP contribution in [0.4, 0.5) is 0 Å². The number of hydrogen-bond acceptors (Lipinski definition) is 5. The van der Waals surface area contributed by atoms with Gasteiger partial charge in [0, 0.05) is 32.6 Å². The number of benzene rings is 1. The Hall–Kier alpha value is -2.00. The maximum absolute atomic E-state index is 12.7. The molecule has 0 bridgehead atoms.